The van der Waals surface area contributed by atoms with Crippen molar-refractivity contribution in [3.05, 3.63) is 17.0 Å². The lowest BCUT2D eigenvalue weighted by Gasteiger charge is -2.19. The SMILES string of the molecule is CCN(CC)c1nc(NN)nc(-n2nc(C)c(C)c2C)n1. The lowest BCUT2D eigenvalue weighted by atomic mass is 10.2. The highest BCUT2D eigenvalue weighted by atomic mass is 15.4. The van der Waals surface area contributed by atoms with Gasteiger partial charge in [0.25, 0.3) is 5.95 Å². The molecule has 0 aromatic carbocycles. The minimum atomic E-state index is 0.326. The van der Waals surface area contributed by atoms with Gasteiger partial charge in [-0.25, -0.2) is 10.5 Å². The Balaban J connectivity index is 2.57. The number of hydrazine groups is 1. The molecule has 0 radical (unpaired) electrons. The van der Waals surface area contributed by atoms with E-state index in [0.29, 0.717) is 17.8 Å². The van der Waals surface area contributed by atoms with Crippen LogP contribution in [0.15, 0.2) is 0 Å². The van der Waals surface area contributed by atoms with Gasteiger partial charge < -0.3 is 4.90 Å². The van der Waals surface area contributed by atoms with Gasteiger partial charge in [0.15, 0.2) is 0 Å². The third kappa shape index (κ3) is 2.80. The third-order valence-corrected chi connectivity index (χ3v) is 3.63. The number of aryl methyl sites for hydroxylation is 1. The molecule has 114 valence electrons. The molecular weight excluding hydrogens is 268 g/mol. The molecular formula is C13H22N8. The number of nitrogens with one attached hydrogen (secondary N) is 1. The smallest absolute Gasteiger partial charge is 0.257 e. The summed E-state index contributed by atoms with van der Waals surface area (Å²) in [6.45, 7) is 11.7. The molecule has 0 atom stereocenters. The van der Waals surface area contributed by atoms with Gasteiger partial charge in [0.1, 0.15) is 0 Å². The highest BCUT2D eigenvalue weighted by molar-refractivity contribution is 5.40. The van der Waals surface area contributed by atoms with Crippen molar-refractivity contribution in [2.45, 2.75) is 34.6 Å². The number of aromatic nitrogens is 5. The Kier molecular flexibility index (Phi) is 4.37. The van der Waals surface area contributed by atoms with Crippen molar-refractivity contribution in [3.63, 3.8) is 0 Å². The summed E-state index contributed by atoms with van der Waals surface area (Å²) in [5, 5.41) is 4.48. The summed E-state index contributed by atoms with van der Waals surface area (Å²) in [4.78, 5) is 15.2. The fourth-order valence-electron chi connectivity index (χ4n) is 2.08. The van der Waals surface area contributed by atoms with Crippen LogP contribution in [0.25, 0.3) is 5.95 Å². The van der Waals surface area contributed by atoms with E-state index < -0.39 is 0 Å². The first-order valence-electron chi connectivity index (χ1n) is 7.02. The van der Waals surface area contributed by atoms with Crippen LogP contribution in [0.3, 0.4) is 0 Å². The van der Waals surface area contributed by atoms with Crippen molar-refractivity contribution >= 4 is 11.9 Å². The minimum Gasteiger partial charge on any atom is -0.341 e. The number of hydrogen-bond donors (Lipinski definition) is 2. The molecule has 0 fully saturated rings. The number of nitrogens with two attached hydrogens (primary N) is 1. The topological polar surface area (TPSA) is 97.8 Å². The zero-order chi connectivity index (χ0) is 15.6. The average Bonchev–Trinajstić information content (AvgIpc) is 2.76. The highest BCUT2D eigenvalue weighted by Crippen LogP contribution is 2.17. The fraction of sp³-hybridized carbons (Fsp3) is 0.538. The largest absolute Gasteiger partial charge is 0.341 e. The van der Waals surface area contributed by atoms with Gasteiger partial charge in [-0.3, -0.25) is 5.43 Å². The summed E-state index contributed by atoms with van der Waals surface area (Å²) in [7, 11) is 0. The number of hydrogen-bond acceptors (Lipinski definition) is 7. The predicted octanol–water partition coefficient (Wildman–Crippen LogP) is 1.11. The van der Waals surface area contributed by atoms with Crippen LogP contribution in [0.5, 0.6) is 0 Å². The maximum absolute atomic E-state index is 5.47. The first-order chi connectivity index (χ1) is 10.0. The molecule has 0 aliphatic rings. The lowest BCUT2D eigenvalue weighted by Crippen LogP contribution is -2.26. The highest BCUT2D eigenvalue weighted by Gasteiger charge is 2.16. The zero-order valence-electron chi connectivity index (χ0n) is 13.2. The molecule has 21 heavy (non-hydrogen) atoms. The van der Waals surface area contributed by atoms with Crippen molar-refractivity contribution in [3.8, 4) is 5.95 Å². The molecule has 0 spiro atoms. The van der Waals surface area contributed by atoms with E-state index in [0.717, 1.165) is 30.0 Å². The van der Waals surface area contributed by atoms with Gasteiger partial charge in [0.05, 0.1) is 5.69 Å². The van der Waals surface area contributed by atoms with Gasteiger partial charge >= 0.3 is 0 Å². The van der Waals surface area contributed by atoms with E-state index in [2.05, 4.69) is 39.3 Å². The molecule has 2 aromatic rings. The van der Waals surface area contributed by atoms with Crippen LogP contribution in [0.4, 0.5) is 11.9 Å². The van der Waals surface area contributed by atoms with Crippen molar-refractivity contribution in [2.24, 2.45) is 5.84 Å². The van der Waals surface area contributed by atoms with E-state index in [1.807, 2.05) is 25.7 Å². The summed E-state index contributed by atoms with van der Waals surface area (Å²) in [6, 6.07) is 0. The molecule has 0 saturated heterocycles. The molecule has 0 bridgehead atoms. The number of anilines is 2. The molecule has 8 heteroatoms. The van der Waals surface area contributed by atoms with Gasteiger partial charge in [0.2, 0.25) is 11.9 Å². The summed E-state index contributed by atoms with van der Waals surface area (Å²) in [5.74, 6) is 6.85. The third-order valence-electron chi connectivity index (χ3n) is 3.63. The Labute approximate surface area is 124 Å². The van der Waals surface area contributed by atoms with Gasteiger partial charge in [0, 0.05) is 18.8 Å². The van der Waals surface area contributed by atoms with Crippen molar-refractivity contribution in [1.82, 2.24) is 24.7 Å². The summed E-state index contributed by atoms with van der Waals surface area (Å²) >= 11 is 0. The predicted molar refractivity (Wildman–Crippen MR) is 82.5 cm³/mol. The van der Waals surface area contributed by atoms with Crippen molar-refractivity contribution < 1.29 is 0 Å². The van der Waals surface area contributed by atoms with E-state index in [-0.39, 0.29) is 0 Å². The number of rotatable bonds is 5. The molecule has 2 heterocycles. The second-order valence-corrected chi connectivity index (χ2v) is 4.78. The Morgan fingerprint density at radius 1 is 1.10 bits per heavy atom. The van der Waals surface area contributed by atoms with Gasteiger partial charge in [-0.05, 0) is 40.2 Å². The molecule has 0 amide bonds. The normalized spacial score (nSPS) is 10.8. The van der Waals surface area contributed by atoms with Gasteiger partial charge in [-0.1, -0.05) is 0 Å². The van der Waals surface area contributed by atoms with Crippen molar-refractivity contribution in [2.75, 3.05) is 23.4 Å². The second kappa shape index (κ2) is 6.04. The van der Waals surface area contributed by atoms with E-state index in [9.17, 15) is 0 Å². The number of nitrogens with zero attached hydrogens (tertiary/aromatic N) is 6. The average molecular weight is 290 g/mol. The first kappa shape index (κ1) is 15.2. The minimum absolute atomic E-state index is 0.326. The van der Waals surface area contributed by atoms with Crippen LogP contribution in [0.1, 0.15) is 30.8 Å². The van der Waals surface area contributed by atoms with E-state index in [1.54, 1.807) is 4.68 Å². The molecule has 2 aromatic heterocycles. The van der Waals surface area contributed by atoms with Gasteiger partial charge in [-0.15, -0.1) is 0 Å². The standard InChI is InChI=1S/C13H22N8/c1-6-20(7-2)12-15-11(18-14)16-13(17-12)21-10(5)8(3)9(4)19-21/h6-7,14H2,1-5H3,(H,15,16,17,18). The second-order valence-electron chi connectivity index (χ2n) is 4.78. The monoisotopic (exact) mass is 290 g/mol. The lowest BCUT2D eigenvalue weighted by molar-refractivity contribution is 0.743. The van der Waals surface area contributed by atoms with E-state index >= 15 is 0 Å². The van der Waals surface area contributed by atoms with Gasteiger partial charge in [-0.2, -0.15) is 20.1 Å². The van der Waals surface area contributed by atoms with E-state index in [1.165, 1.54) is 0 Å². The number of nitrogen functional groups attached to an aromatic ring is 1. The van der Waals surface area contributed by atoms with Crippen LogP contribution in [0.2, 0.25) is 0 Å². The van der Waals surface area contributed by atoms with E-state index in [4.69, 9.17) is 5.84 Å². The Morgan fingerprint density at radius 2 is 1.76 bits per heavy atom. The molecule has 0 unspecified atom stereocenters. The van der Waals surface area contributed by atoms with Crippen molar-refractivity contribution in [1.29, 1.82) is 0 Å². The molecule has 0 aliphatic carbocycles. The van der Waals surface area contributed by atoms with Crippen LogP contribution in [-0.2, 0) is 0 Å². The summed E-state index contributed by atoms with van der Waals surface area (Å²) in [5.41, 5.74) is 5.58. The van der Waals surface area contributed by atoms with Crippen LogP contribution < -0.4 is 16.2 Å². The summed E-state index contributed by atoms with van der Waals surface area (Å²) < 4.78 is 1.72. The molecule has 8 nitrogen and oxygen atoms in total. The molecule has 3 N–H and O–H groups in total. The maximum Gasteiger partial charge on any atom is 0.257 e. The Bertz CT molecular complexity index is 629. The Morgan fingerprint density at radius 3 is 2.24 bits per heavy atom. The van der Waals surface area contributed by atoms with Crippen LogP contribution in [-0.4, -0.2) is 37.8 Å². The van der Waals surface area contributed by atoms with Crippen LogP contribution in [0, 0.1) is 20.8 Å². The zero-order valence-corrected chi connectivity index (χ0v) is 13.2. The molecule has 0 aliphatic heterocycles. The molecule has 2 rings (SSSR count). The molecule has 0 saturated carbocycles. The first-order valence-corrected chi connectivity index (χ1v) is 7.02. The maximum atomic E-state index is 5.47. The Hall–Kier alpha value is -2.22. The quantitative estimate of drug-likeness (QED) is 0.629. The van der Waals surface area contributed by atoms with Crippen LogP contribution >= 0.6 is 0 Å². The fourth-order valence-corrected chi connectivity index (χ4v) is 2.08. The summed E-state index contributed by atoms with van der Waals surface area (Å²) in [6.07, 6.45) is 0.